The van der Waals surface area contributed by atoms with Gasteiger partial charge in [0.1, 0.15) is 11.6 Å². The van der Waals surface area contributed by atoms with E-state index in [-0.39, 0.29) is 39.6 Å². The Morgan fingerprint density at radius 1 is 1.16 bits per heavy atom. The molecule has 1 N–H and O–H groups in total. The van der Waals surface area contributed by atoms with E-state index in [1.807, 2.05) is 19.9 Å². The van der Waals surface area contributed by atoms with Crippen LogP contribution in [-0.2, 0) is 4.79 Å². The van der Waals surface area contributed by atoms with Gasteiger partial charge in [0.05, 0.1) is 22.4 Å². The fraction of sp³-hybridized carbons (Fsp3) is 0.781. The number of alkyl halides is 1. The van der Waals surface area contributed by atoms with E-state index in [4.69, 9.17) is 16.6 Å². The van der Waals surface area contributed by atoms with Crippen LogP contribution < -0.4 is 0 Å². The molecule has 5 nitrogen and oxygen atoms in total. The van der Waals surface area contributed by atoms with Gasteiger partial charge in [-0.15, -0.1) is 11.6 Å². The number of fused-ring (bicyclic) bond motifs is 4. The molecule has 4 aliphatic carbocycles. The van der Waals surface area contributed by atoms with Gasteiger partial charge < -0.3 is 5.11 Å². The van der Waals surface area contributed by atoms with Crippen molar-refractivity contribution < 1.29 is 9.90 Å². The van der Waals surface area contributed by atoms with Crippen LogP contribution in [0.3, 0.4) is 0 Å². The molecule has 206 valence electrons. The summed E-state index contributed by atoms with van der Waals surface area (Å²) < 4.78 is 0. The minimum Gasteiger partial charge on any atom is -0.392 e. The molecular weight excluding hydrogens is 494 g/mol. The summed E-state index contributed by atoms with van der Waals surface area (Å²) in [6.07, 6.45) is 10.0. The van der Waals surface area contributed by atoms with E-state index < -0.39 is 10.4 Å². The van der Waals surface area contributed by atoms with Crippen molar-refractivity contribution in [3.8, 4) is 6.07 Å². The Morgan fingerprint density at radius 2 is 1.84 bits per heavy atom. The van der Waals surface area contributed by atoms with Crippen molar-refractivity contribution in [2.24, 2.45) is 44.4 Å². The zero-order chi connectivity index (χ0) is 27.7. The summed E-state index contributed by atoms with van der Waals surface area (Å²) in [6, 6.07) is 2.24. The van der Waals surface area contributed by atoms with Gasteiger partial charge >= 0.3 is 0 Å². The summed E-state index contributed by atoms with van der Waals surface area (Å²) in [5.41, 5.74) is 1.92. The van der Waals surface area contributed by atoms with E-state index in [2.05, 4.69) is 51.7 Å². The maximum Gasteiger partial charge on any atom is 0.178 e. The first-order valence-electron chi connectivity index (χ1n) is 14.7. The van der Waals surface area contributed by atoms with Crippen LogP contribution in [-0.4, -0.2) is 51.2 Å². The topological polar surface area (TPSA) is 76.7 Å². The Kier molecular flexibility index (Phi) is 5.51. The van der Waals surface area contributed by atoms with Gasteiger partial charge in [0.2, 0.25) is 0 Å². The molecule has 6 aliphatic rings. The molecule has 0 aromatic heterocycles. The molecule has 1 spiro atoms. The maximum absolute atomic E-state index is 13.2. The number of carbonyl (C=O) groups is 1. The van der Waals surface area contributed by atoms with Crippen LogP contribution in [0, 0.1) is 50.7 Å². The Bertz CT molecular complexity index is 1240. The van der Waals surface area contributed by atoms with E-state index in [1.54, 1.807) is 0 Å². The van der Waals surface area contributed by atoms with E-state index in [1.165, 1.54) is 11.3 Å². The van der Waals surface area contributed by atoms with Crippen molar-refractivity contribution in [2.45, 2.75) is 104 Å². The zero-order valence-corrected chi connectivity index (χ0v) is 25.0. The smallest absolute Gasteiger partial charge is 0.178 e. The van der Waals surface area contributed by atoms with Gasteiger partial charge in [0, 0.05) is 23.9 Å². The molecule has 2 aliphatic heterocycles. The molecule has 3 fully saturated rings. The number of β-amino-alcohol motifs (C(OH)–C–C–N with tert-alkyl or cyclic N) is 1. The summed E-state index contributed by atoms with van der Waals surface area (Å²) in [5, 5.41) is 20.1. The number of rotatable bonds is 3. The van der Waals surface area contributed by atoms with Crippen LogP contribution in [0.4, 0.5) is 0 Å². The fourth-order valence-electron chi connectivity index (χ4n) is 10.2. The van der Waals surface area contributed by atoms with Crippen LogP contribution in [0.1, 0.15) is 87.0 Å². The van der Waals surface area contributed by atoms with Crippen molar-refractivity contribution in [3.63, 3.8) is 0 Å². The Labute approximate surface area is 233 Å². The second-order valence-corrected chi connectivity index (χ2v) is 16.1. The molecule has 0 radical (unpaired) electrons. The highest BCUT2D eigenvalue weighted by atomic mass is 35.5. The van der Waals surface area contributed by atoms with Gasteiger partial charge in [0.25, 0.3) is 0 Å². The number of ketones is 1. The second-order valence-electron chi connectivity index (χ2n) is 15.3. The number of nitrogens with zero attached hydrogens (tertiary/aromatic N) is 3. The van der Waals surface area contributed by atoms with Gasteiger partial charge in [-0.25, -0.2) is 0 Å². The highest BCUT2D eigenvalue weighted by Gasteiger charge is 2.73. The standard InChI is InChI=1S/C32H44ClN3O2/c1-27(2)11-8-22-29(5)12-9-21-28(3,4)26(38)19(17-34)15-30(21,6)23(29)14-25-32(22,35-25)24(27)16-31(7,33)36-13-10-20(37)18-36/h14-15,20-22,24,37H,8-13,16,18H2,1-7H3/t20?,21-,22?,24+,29-,30-,31-,32?/m0/s1. The van der Waals surface area contributed by atoms with Gasteiger partial charge in [-0.2, -0.15) is 5.26 Å². The monoisotopic (exact) mass is 537 g/mol. The molecular formula is C32H44ClN3O2. The molecule has 2 saturated carbocycles. The van der Waals surface area contributed by atoms with Crippen LogP contribution in [0.2, 0.25) is 0 Å². The molecule has 2 heterocycles. The average Bonchev–Trinajstić information content (AvgIpc) is 3.36. The largest absolute Gasteiger partial charge is 0.392 e. The van der Waals surface area contributed by atoms with E-state index in [0.717, 1.165) is 45.1 Å². The third kappa shape index (κ3) is 3.29. The van der Waals surface area contributed by atoms with Crippen molar-refractivity contribution in [1.82, 2.24) is 4.90 Å². The number of likely N-dealkylation sites (tertiary alicyclic amines) is 1. The average molecular weight is 538 g/mol. The molecule has 6 heteroatoms. The Hall–Kier alpha value is -1.48. The number of aliphatic hydroxyl groups excluding tert-OH is 1. The lowest BCUT2D eigenvalue weighted by atomic mass is 9.39. The fourth-order valence-corrected chi connectivity index (χ4v) is 10.5. The highest BCUT2D eigenvalue weighted by molar-refractivity contribution is 6.23. The van der Waals surface area contributed by atoms with Crippen LogP contribution in [0.5, 0.6) is 0 Å². The minimum absolute atomic E-state index is 0.00601. The minimum atomic E-state index is -0.561. The third-order valence-corrected chi connectivity index (χ3v) is 12.7. The number of aliphatic imine (C=N–C) groups is 1. The first kappa shape index (κ1) is 26.7. The van der Waals surface area contributed by atoms with Gasteiger partial charge in [-0.3, -0.25) is 14.7 Å². The lowest BCUT2D eigenvalue weighted by Crippen LogP contribution is -2.62. The van der Waals surface area contributed by atoms with Crippen LogP contribution in [0.15, 0.2) is 28.3 Å². The molecule has 0 amide bonds. The van der Waals surface area contributed by atoms with E-state index in [0.29, 0.717) is 24.0 Å². The van der Waals surface area contributed by atoms with Crippen LogP contribution in [0.25, 0.3) is 0 Å². The molecule has 8 atom stereocenters. The summed E-state index contributed by atoms with van der Waals surface area (Å²) in [6.45, 7) is 17.2. The van der Waals surface area contributed by atoms with E-state index >= 15 is 0 Å². The van der Waals surface area contributed by atoms with Crippen LogP contribution >= 0.6 is 11.6 Å². The van der Waals surface area contributed by atoms with Crippen molar-refractivity contribution in [1.29, 1.82) is 5.26 Å². The number of Topliss-reactive ketones (excluding diaryl/α,β-unsaturated/α-hetero) is 1. The number of nitriles is 1. The van der Waals surface area contributed by atoms with E-state index in [9.17, 15) is 15.2 Å². The summed E-state index contributed by atoms with van der Waals surface area (Å²) >= 11 is 7.32. The zero-order valence-electron chi connectivity index (χ0n) is 24.2. The molecule has 3 unspecified atom stereocenters. The summed E-state index contributed by atoms with van der Waals surface area (Å²) in [7, 11) is 0. The maximum atomic E-state index is 13.2. The Balaban J connectivity index is 1.42. The van der Waals surface area contributed by atoms with Crippen molar-refractivity contribution in [2.75, 3.05) is 13.1 Å². The molecule has 0 bridgehead atoms. The lowest BCUT2D eigenvalue weighted by Gasteiger charge is -2.63. The molecule has 38 heavy (non-hydrogen) atoms. The number of allylic oxidation sites excluding steroid dienone is 3. The highest BCUT2D eigenvalue weighted by Crippen LogP contribution is 2.73. The normalized spacial score (nSPS) is 46.2. The predicted molar refractivity (Wildman–Crippen MR) is 151 cm³/mol. The molecule has 0 aromatic rings. The number of aliphatic hydroxyl groups is 1. The van der Waals surface area contributed by atoms with Gasteiger partial charge in [0.15, 0.2) is 5.78 Å². The first-order valence-corrected chi connectivity index (χ1v) is 15.0. The molecule has 6 rings (SSSR count). The Morgan fingerprint density at radius 3 is 2.47 bits per heavy atom. The van der Waals surface area contributed by atoms with Gasteiger partial charge in [-0.05, 0) is 80.1 Å². The lowest BCUT2D eigenvalue weighted by molar-refractivity contribution is -0.131. The second kappa shape index (κ2) is 7.83. The first-order chi connectivity index (χ1) is 17.5. The van der Waals surface area contributed by atoms with Crippen molar-refractivity contribution >= 4 is 23.1 Å². The number of carbonyl (C=O) groups excluding carboxylic acids is 1. The summed E-state index contributed by atoms with van der Waals surface area (Å²) in [4.78, 5) is 20.4. The number of hydrogen-bond donors (Lipinski definition) is 1. The van der Waals surface area contributed by atoms with Crippen molar-refractivity contribution in [3.05, 3.63) is 23.3 Å². The predicted octanol–water partition coefficient (Wildman–Crippen LogP) is 6.07. The summed E-state index contributed by atoms with van der Waals surface area (Å²) in [5.74, 6) is 0.888. The molecule has 1 saturated heterocycles. The van der Waals surface area contributed by atoms with Gasteiger partial charge in [-0.1, -0.05) is 53.2 Å². The number of halogens is 1. The molecule has 0 aromatic carbocycles. The number of hydrogen-bond acceptors (Lipinski definition) is 5. The quantitative estimate of drug-likeness (QED) is 0.350. The third-order valence-electron chi connectivity index (χ3n) is 12.3. The SMILES string of the molecule is CC1(C)CCC2C3(N=C3C=C3[C@@]2(C)CC[C@H]2C(C)(C)C(=O)C(C#N)=C[C@]32C)[C@@H]1C[C@@](C)(Cl)N1CCC(O)C1.